The Hall–Kier alpha value is -1.58. The molecule has 0 saturated heterocycles. The highest BCUT2D eigenvalue weighted by molar-refractivity contribution is 6.33. The van der Waals surface area contributed by atoms with Crippen molar-refractivity contribution >= 4 is 35.4 Å². The average Bonchev–Trinajstić information content (AvgIpc) is 2.77. The smallest absolute Gasteiger partial charge is 0.118 e. The second kappa shape index (κ2) is 6.05. The summed E-state index contributed by atoms with van der Waals surface area (Å²) in [6.07, 6.45) is 3.34. The van der Waals surface area contributed by atoms with Crippen molar-refractivity contribution in [2.24, 2.45) is 0 Å². The van der Waals surface area contributed by atoms with Crippen LogP contribution in [-0.4, -0.2) is 14.2 Å². The van der Waals surface area contributed by atoms with Gasteiger partial charge in [-0.25, -0.2) is 0 Å². The van der Waals surface area contributed by atoms with Crippen LogP contribution in [0, 0.1) is 0 Å². The molecular formula is C20H16Cl2O2. The number of methoxy groups -OCH3 is 2. The minimum atomic E-state index is -0.309. The maximum Gasteiger partial charge on any atom is 0.118 e. The Bertz CT molecular complexity index is 819. The summed E-state index contributed by atoms with van der Waals surface area (Å²) in [5.41, 5.74) is 6.40. The molecule has 0 amide bonds. The molecule has 0 radical (unpaired) electrons. The monoisotopic (exact) mass is 358 g/mol. The Balaban J connectivity index is 2.18. The van der Waals surface area contributed by atoms with E-state index < -0.39 is 0 Å². The second-order valence-electron chi connectivity index (χ2n) is 5.91. The van der Waals surface area contributed by atoms with Gasteiger partial charge in [0.2, 0.25) is 0 Å². The normalized spacial score (nSPS) is 21.3. The topological polar surface area (TPSA) is 18.5 Å². The fraction of sp³-hybridized carbons (Fsp3) is 0.200. The van der Waals surface area contributed by atoms with Crippen molar-refractivity contribution in [2.45, 2.75) is 12.2 Å². The van der Waals surface area contributed by atoms with Gasteiger partial charge in [-0.15, -0.1) is 0 Å². The molecule has 0 unspecified atom stereocenters. The van der Waals surface area contributed by atoms with Gasteiger partial charge in [-0.05, 0) is 45.5 Å². The lowest BCUT2D eigenvalue weighted by atomic mass is 9.88. The van der Waals surface area contributed by atoms with E-state index in [9.17, 15) is 0 Å². The first-order valence-corrected chi connectivity index (χ1v) is 8.47. The lowest BCUT2D eigenvalue weighted by Gasteiger charge is -2.22. The van der Waals surface area contributed by atoms with Crippen LogP contribution in [0.5, 0.6) is 0 Å². The third kappa shape index (κ3) is 2.26. The molecule has 0 aliphatic heterocycles. The van der Waals surface area contributed by atoms with Crippen LogP contribution in [0.4, 0.5) is 0 Å². The molecule has 0 bridgehead atoms. The molecule has 4 rings (SSSR count). The van der Waals surface area contributed by atoms with E-state index in [4.69, 9.17) is 32.7 Å². The summed E-state index contributed by atoms with van der Waals surface area (Å²) in [7, 11) is 3.35. The van der Waals surface area contributed by atoms with E-state index in [2.05, 4.69) is 24.3 Å². The molecule has 2 aliphatic carbocycles. The van der Waals surface area contributed by atoms with Crippen molar-refractivity contribution in [1.29, 1.82) is 0 Å². The molecular weight excluding hydrogens is 343 g/mol. The maximum atomic E-state index is 6.57. The molecule has 24 heavy (non-hydrogen) atoms. The lowest BCUT2D eigenvalue weighted by molar-refractivity contribution is 0.135. The van der Waals surface area contributed by atoms with Crippen LogP contribution in [0.1, 0.15) is 34.5 Å². The third-order valence-electron chi connectivity index (χ3n) is 4.63. The molecule has 122 valence electrons. The number of hydrogen-bond acceptors (Lipinski definition) is 2. The first kappa shape index (κ1) is 15.9. The first-order valence-electron chi connectivity index (χ1n) is 7.71. The van der Waals surface area contributed by atoms with E-state index in [0.717, 1.165) is 33.4 Å². The van der Waals surface area contributed by atoms with Gasteiger partial charge in [0, 0.05) is 14.2 Å². The molecule has 0 aromatic heterocycles. The van der Waals surface area contributed by atoms with E-state index >= 15 is 0 Å². The van der Waals surface area contributed by atoms with E-state index in [1.807, 2.05) is 24.3 Å². The summed E-state index contributed by atoms with van der Waals surface area (Å²) in [5.74, 6) is 0. The fourth-order valence-electron chi connectivity index (χ4n) is 3.66. The van der Waals surface area contributed by atoms with Gasteiger partial charge in [0.1, 0.15) is 12.2 Å². The average molecular weight is 359 g/mol. The summed E-state index contributed by atoms with van der Waals surface area (Å²) in [6.45, 7) is 0. The number of benzene rings is 2. The molecule has 2 aromatic carbocycles. The Labute approximate surface area is 151 Å². The Morgan fingerprint density at radius 3 is 1.62 bits per heavy atom. The second-order valence-corrected chi connectivity index (χ2v) is 6.79. The zero-order chi connectivity index (χ0) is 16.8. The molecule has 2 aromatic rings. The molecule has 2 nitrogen and oxygen atoms in total. The van der Waals surface area contributed by atoms with E-state index in [0.29, 0.717) is 10.1 Å². The van der Waals surface area contributed by atoms with Crippen molar-refractivity contribution in [2.75, 3.05) is 14.2 Å². The molecule has 2 atom stereocenters. The van der Waals surface area contributed by atoms with Crippen LogP contribution in [0.25, 0.3) is 23.3 Å². The first-order chi connectivity index (χ1) is 11.7. The molecule has 0 fully saturated rings. The number of hydrogen-bond donors (Lipinski definition) is 0. The molecule has 2 aliphatic rings. The van der Waals surface area contributed by atoms with Crippen molar-refractivity contribution in [3.8, 4) is 11.1 Å². The number of rotatable bonds is 2. The van der Waals surface area contributed by atoms with Gasteiger partial charge in [0.25, 0.3) is 0 Å². The molecule has 0 saturated carbocycles. The Morgan fingerprint density at radius 1 is 0.708 bits per heavy atom. The van der Waals surface area contributed by atoms with Gasteiger partial charge in [0.15, 0.2) is 0 Å². The third-order valence-corrected chi connectivity index (χ3v) is 5.25. The van der Waals surface area contributed by atoms with Crippen LogP contribution in [0.15, 0.2) is 46.5 Å². The molecule has 0 heterocycles. The quantitative estimate of drug-likeness (QED) is 0.663. The highest BCUT2D eigenvalue weighted by Crippen LogP contribution is 2.49. The Morgan fingerprint density at radius 2 is 1.17 bits per heavy atom. The standard InChI is InChI=1S/C20H16Cl2O2/c1-23-19-13-7-4-8-14-18(13)17-11(9-15(19)21)5-3-6-12(17)10-16(22)20(14)24-2/h3-10,19-20H,1-2H3/t19-,20+. The van der Waals surface area contributed by atoms with Crippen molar-refractivity contribution < 1.29 is 9.47 Å². The summed E-state index contributed by atoms with van der Waals surface area (Å²) >= 11 is 13.1. The zero-order valence-electron chi connectivity index (χ0n) is 13.3. The summed E-state index contributed by atoms with van der Waals surface area (Å²) < 4.78 is 11.4. The van der Waals surface area contributed by atoms with Gasteiger partial charge < -0.3 is 9.47 Å². The largest absolute Gasteiger partial charge is 0.371 e. The van der Waals surface area contributed by atoms with E-state index in [1.54, 1.807) is 14.2 Å². The molecule has 0 spiro atoms. The van der Waals surface area contributed by atoms with Gasteiger partial charge in [-0.3, -0.25) is 0 Å². The SMILES string of the molecule is CO[C@@H]1C(Cl)=Cc2cccc3c2-c2c1cccc2[C@@H](OC)C(Cl)=C3. The van der Waals surface area contributed by atoms with Gasteiger partial charge in [-0.1, -0.05) is 59.6 Å². The van der Waals surface area contributed by atoms with E-state index in [1.165, 1.54) is 0 Å². The lowest BCUT2D eigenvalue weighted by Crippen LogP contribution is -2.07. The minimum Gasteiger partial charge on any atom is -0.371 e. The summed E-state index contributed by atoms with van der Waals surface area (Å²) in [5, 5.41) is 1.33. The number of ether oxygens (including phenoxy) is 2. The van der Waals surface area contributed by atoms with E-state index in [-0.39, 0.29) is 12.2 Å². The predicted octanol–water partition coefficient (Wildman–Crippen LogP) is 5.92. The van der Waals surface area contributed by atoms with Crippen LogP contribution < -0.4 is 0 Å². The Kier molecular flexibility index (Phi) is 4.01. The van der Waals surface area contributed by atoms with Crippen molar-refractivity contribution in [1.82, 2.24) is 0 Å². The molecule has 4 heteroatoms. The zero-order valence-corrected chi connectivity index (χ0v) is 14.9. The summed E-state index contributed by atoms with van der Waals surface area (Å²) in [6, 6.07) is 12.3. The van der Waals surface area contributed by atoms with Crippen molar-refractivity contribution in [3.63, 3.8) is 0 Å². The summed E-state index contributed by atoms with van der Waals surface area (Å²) in [4.78, 5) is 0. The van der Waals surface area contributed by atoms with Crippen LogP contribution in [0.3, 0.4) is 0 Å². The van der Waals surface area contributed by atoms with Gasteiger partial charge in [0.05, 0.1) is 10.1 Å². The van der Waals surface area contributed by atoms with Crippen molar-refractivity contribution in [3.05, 3.63) is 68.7 Å². The highest BCUT2D eigenvalue weighted by atomic mass is 35.5. The van der Waals surface area contributed by atoms with Crippen LogP contribution in [-0.2, 0) is 9.47 Å². The predicted molar refractivity (Wildman–Crippen MR) is 99.0 cm³/mol. The van der Waals surface area contributed by atoms with Gasteiger partial charge in [-0.2, -0.15) is 0 Å². The number of halogens is 2. The van der Waals surface area contributed by atoms with Gasteiger partial charge >= 0.3 is 0 Å². The molecule has 0 N–H and O–H groups in total. The fourth-order valence-corrected chi connectivity index (χ4v) is 4.31. The maximum absolute atomic E-state index is 6.57. The van der Waals surface area contributed by atoms with Crippen LogP contribution in [0.2, 0.25) is 0 Å². The minimum absolute atomic E-state index is 0.309. The van der Waals surface area contributed by atoms with Crippen LogP contribution >= 0.6 is 23.2 Å². The highest BCUT2D eigenvalue weighted by Gasteiger charge is 2.31.